The number of carbonyl (C=O) groups is 2. The Bertz CT molecular complexity index is 705. The zero-order valence-electron chi connectivity index (χ0n) is 11.1. The average molecular weight is 292 g/mol. The number of alkyl carbamates (subject to hydrolysis) is 1. The Morgan fingerprint density at radius 2 is 2.43 bits per heavy atom. The second-order valence-electron chi connectivity index (χ2n) is 4.54. The van der Waals surface area contributed by atoms with Gasteiger partial charge in [-0.25, -0.2) is 19.3 Å². The largest absolute Gasteiger partial charge is 0.476 e. The number of rotatable bonds is 4. The van der Waals surface area contributed by atoms with Crippen molar-refractivity contribution in [2.24, 2.45) is 7.05 Å². The summed E-state index contributed by atoms with van der Waals surface area (Å²) in [6, 6.07) is 0. The third-order valence-electron chi connectivity index (χ3n) is 3.10. The van der Waals surface area contributed by atoms with Crippen LogP contribution in [-0.2, 0) is 18.3 Å². The van der Waals surface area contributed by atoms with Gasteiger partial charge in [0.15, 0.2) is 5.82 Å². The van der Waals surface area contributed by atoms with E-state index in [0.717, 1.165) is 0 Å². The van der Waals surface area contributed by atoms with E-state index in [-0.39, 0.29) is 17.9 Å². The minimum Gasteiger partial charge on any atom is -0.476 e. The Kier molecular flexibility index (Phi) is 3.05. The van der Waals surface area contributed by atoms with Crippen LogP contribution < -0.4 is 5.32 Å². The summed E-state index contributed by atoms with van der Waals surface area (Å²) in [5, 5.41) is 19.3. The standard InChI is InChI=1S/C11H12N6O4/c1-16-3-2-12-9(16)8-7(10(18)19)14-15-17(8)5-6-4-13-11(20)21-6/h2-3,6H,4-5H2,1H3,(H,13,20)(H,18,19). The molecule has 0 bridgehead atoms. The van der Waals surface area contributed by atoms with E-state index in [1.54, 1.807) is 24.0 Å². The molecule has 3 heterocycles. The summed E-state index contributed by atoms with van der Waals surface area (Å²) in [7, 11) is 1.74. The monoisotopic (exact) mass is 292 g/mol. The lowest BCUT2D eigenvalue weighted by atomic mass is 10.2. The Hall–Kier alpha value is -2.91. The number of nitrogens with one attached hydrogen (secondary N) is 1. The molecule has 2 aromatic heterocycles. The molecule has 1 atom stereocenters. The van der Waals surface area contributed by atoms with Gasteiger partial charge in [-0.15, -0.1) is 5.10 Å². The van der Waals surface area contributed by atoms with Crippen LogP contribution in [0.4, 0.5) is 4.79 Å². The van der Waals surface area contributed by atoms with Crippen molar-refractivity contribution in [1.82, 2.24) is 29.9 Å². The summed E-state index contributed by atoms with van der Waals surface area (Å²) < 4.78 is 8.08. The van der Waals surface area contributed by atoms with Crippen molar-refractivity contribution >= 4 is 12.1 Å². The van der Waals surface area contributed by atoms with Gasteiger partial charge in [0, 0.05) is 19.4 Å². The van der Waals surface area contributed by atoms with Crippen molar-refractivity contribution in [2.45, 2.75) is 12.6 Å². The Morgan fingerprint density at radius 1 is 1.62 bits per heavy atom. The van der Waals surface area contributed by atoms with E-state index in [1.807, 2.05) is 0 Å². The van der Waals surface area contributed by atoms with Crippen LogP contribution in [0.5, 0.6) is 0 Å². The van der Waals surface area contributed by atoms with Gasteiger partial charge in [0.25, 0.3) is 0 Å². The van der Waals surface area contributed by atoms with Gasteiger partial charge in [0.2, 0.25) is 5.69 Å². The van der Waals surface area contributed by atoms with Crippen molar-refractivity contribution in [3.05, 3.63) is 18.1 Å². The maximum Gasteiger partial charge on any atom is 0.407 e. The van der Waals surface area contributed by atoms with Crippen LogP contribution in [0.25, 0.3) is 11.5 Å². The number of carboxylic acids is 1. The van der Waals surface area contributed by atoms with Gasteiger partial charge < -0.3 is 19.7 Å². The Labute approximate surface area is 118 Å². The minimum absolute atomic E-state index is 0.193. The minimum atomic E-state index is -1.19. The lowest BCUT2D eigenvalue weighted by Crippen LogP contribution is -2.22. The van der Waals surface area contributed by atoms with Crippen LogP contribution in [0, 0.1) is 0 Å². The zero-order chi connectivity index (χ0) is 15.0. The molecule has 1 aliphatic heterocycles. The number of cyclic esters (lactones) is 1. The van der Waals surface area contributed by atoms with Crippen LogP contribution >= 0.6 is 0 Å². The van der Waals surface area contributed by atoms with Crippen molar-refractivity contribution in [1.29, 1.82) is 0 Å². The molecule has 2 aromatic rings. The molecule has 1 fully saturated rings. The van der Waals surface area contributed by atoms with Gasteiger partial charge in [-0.05, 0) is 0 Å². The molecule has 1 amide bonds. The lowest BCUT2D eigenvalue weighted by Gasteiger charge is -2.10. The second-order valence-corrected chi connectivity index (χ2v) is 4.54. The zero-order valence-corrected chi connectivity index (χ0v) is 11.1. The highest BCUT2D eigenvalue weighted by atomic mass is 16.6. The highest BCUT2D eigenvalue weighted by Gasteiger charge is 2.28. The fraction of sp³-hybridized carbons (Fsp3) is 0.364. The molecule has 0 aliphatic carbocycles. The van der Waals surface area contributed by atoms with Gasteiger partial charge in [0.1, 0.15) is 11.8 Å². The number of aryl methyl sites for hydroxylation is 1. The molecule has 10 heteroatoms. The summed E-state index contributed by atoms with van der Waals surface area (Å²) in [4.78, 5) is 26.4. The summed E-state index contributed by atoms with van der Waals surface area (Å²) in [6.07, 6.45) is 2.31. The van der Waals surface area contributed by atoms with Gasteiger partial charge >= 0.3 is 12.1 Å². The Morgan fingerprint density at radius 3 is 3.00 bits per heavy atom. The highest BCUT2D eigenvalue weighted by molar-refractivity contribution is 5.91. The molecule has 1 unspecified atom stereocenters. The number of hydrogen-bond donors (Lipinski definition) is 2. The molecule has 2 N–H and O–H groups in total. The fourth-order valence-electron chi connectivity index (χ4n) is 2.13. The van der Waals surface area contributed by atoms with E-state index in [9.17, 15) is 14.7 Å². The predicted octanol–water partition coefficient (Wildman–Crippen LogP) is -0.515. The first-order valence-corrected chi connectivity index (χ1v) is 6.15. The maximum atomic E-state index is 11.3. The van der Waals surface area contributed by atoms with Crippen LogP contribution in [0.3, 0.4) is 0 Å². The number of carboxylic acid groups (broad SMARTS) is 1. The Balaban J connectivity index is 1.99. The van der Waals surface area contributed by atoms with Crippen LogP contribution in [0.15, 0.2) is 12.4 Å². The molecule has 0 radical (unpaired) electrons. The van der Waals surface area contributed by atoms with E-state index in [1.165, 1.54) is 4.68 Å². The quantitative estimate of drug-likeness (QED) is 0.777. The molecule has 0 saturated carbocycles. The van der Waals surface area contributed by atoms with Gasteiger partial charge in [-0.2, -0.15) is 0 Å². The first kappa shape index (κ1) is 13.1. The molecule has 10 nitrogen and oxygen atoms in total. The number of ether oxygens (including phenoxy) is 1. The van der Waals surface area contributed by atoms with Gasteiger partial charge in [-0.1, -0.05) is 5.21 Å². The summed E-state index contributed by atoms with van der Waals surface area (Å²) in [5.41, 5.74) is 0.0829. The molecule has 1 saturated heterocycles. The van der Waals surface area contributed by atoms with Crippen molar-refractivity contribution in [3.63, 3.8) is 0 Å². The molecular formula is C11H12N6O4. The fourth-order valence-corrected chi connectivity index (χ4v) is 2.13. The number of aromatic nitrogens is 5. The van der Waals surface area contributed by atoms with Crippen molar-refractivity contribution in [3.8, 4) is 11.5 Å². The van der Waals surface area contributed by atoms with Crippen LogP contribution in [0.1, 0.15) is 10.5 Å². The number of imidazole rings is 1. The molecule has 3 rings (SSSR count). The van der Waals surface area contributed by atoms with E-state index in [2.05, 4.69) is 20.6 Å². The van der Waals surface area contributed by atoms with Crippen LogP contribution in [0.2, 0.25) is 0 Å². The summed E-state index contributed by atoms with van der Waals surface area (Å²) >= 11 is 0. The summed E-state index contributed by atoms with van der Waals surface area (Å²) in [6.45, 7) is 0.530. The molecule has 21 heavy (non-hydrogen) atoms. The molecule has 0 spiro atoms. The molecule has 1 aliphatic rings. The number of aromatic carboxylic acids is 1. The van der Waals surface area contributed by atoms with E-state index >= 15 is 0 Å². The molecule has 0 aromatic carbocycles. The van der Waals surface area contributed by atoms with E-state index in [0.29, 0.717) is 12.4 Å². The van der Waals surface area contributed by atoms with Crippen molar-refractivity contribution < 1.29 is 19.4 Å². The number of amides is 1. The smallest absolute Gasteiger partial charge is 0.407 e. The third-order valence-corrected chi connectivity index (χ3v) is 3.10. The van der Waals surface area contributed by atoms with Gasteiger partial charge in [0.05, 0.1) is 13.1 Å². The predicted molar refractivity (Wildman–Crippen MR) is 67.5 cm³/mol. The first-order chi connectivity index (χ1) is 10.1. The molecule has 110 valence electrons. The van der Waals surface area contributed by atoms with E-state index < -0.39 is 18.2 Å². The van der Waals surface area contributed by atoms with Gasteiger partial charge in [-0.3, -0.25) is 0 Å². The molecular weight excluding hydrogens is 280 g/mol. The summed E-state index contributed by atoms with van der Waals surface area (Å²) in [5.74, 6) is -0.768. The topological polar surface area (TPSA) is 124 Å². The van der Waals surface area contributed by atoms with Crippen LogP contribution in [-0.4, -0.2) is 54.4 Å². The SMILES string of the molecule is Cn1ccnc1-c1c(C(=O)O)nnn1CC1CNC(=O)O1. The number of nitrogens with zero attached hydrogens (tertiary/aromatic N) is 5. The highest BCUT2D eigenvalue weighted by Crippen LogP contribution is 2.21. The number of carbonyl (C=O) groups excluding carboxylic acids is 1. The first-order valence-electron chi connectivity index (χ1n) is 6.15. The normalized spacial score (nSPS) is 17.6. The lowest BCUT2D eigenvalue weighted by molar-refractivity contribution is 0.0691. The van der Waals surface area contributed by atoms with E-state index in [4.69, 9.17) is 4.74 Å². The second kappa shape index (κ2) is 4.89. The third kappa shape index (κ3) is 2.30. The maximum absolute atomic E-state index is 11.3. The number of hydrogen-bond acceptors (Lipinski definition) is 6. The van der Waals surface area contributed by atoms with Crippen molar-refractivity contribution in [2.75, 3.05) is 6.54 Å². The average Bonchev–Trinajstić information content (AvgIpc) is 3.11.